The molecule has 6 aromatic rings. The average molecular weight is 1140 g/mol. The molecule has 2 fully saturated rings. The van der Waals surface area contributed by atoms with Gasteiger partial charge in [0.1, 0.15) is 43.5 Å². The van der Waals surface area contributed by atoms with Crippen LogP contribution in [0.15, 0.2) is 105 Å². The molecule has 83 heavy (non-hydrogen) atoms. The molecule has 0 unspecified atom stereocenters. The number of hydrogen-bond donors (Lipinski definition) is 3. The SMILES string of the molecule is CC/C(=N/O)c1cc(OC)cc2c1ccc(=O)n2CCN1CCC(N(Cc2ccc3c(c2)OCCO3)C(=O)OC(C)(C)C)CC1.CC/C(=N/O)c1cc(OC)cc2c1ccc(=O)n2CCN1CCC(NCc2ccc3c(c2)OCCO3)CC1. The summed E-state index contributed by atoms with van der Waals surface area (Å²) in [7, 11) is 3.18. The van der Waals surface area contributed by atoms with Crippen LogP contribution in [0.4, 0.5) is 4.79 Å². The van der Waals surface area contributed by atoms with E-state index >= 15 is 0 Å². The maximum absolute atomic E-state index is 13.4. The molecule has 4 aromatic carbocycles. The Kier molecular flexibility index (Phi) is 19.8. The molecule has 0 radical (unpaired) electrons. The summed E-state index contributed by atoms with van der Waals surface area (Å²) in [6.45, 7) is 18.9. The van der Waals surface area contributed by atoms with E-state index in [0.29, 0.717) is 100 Å². The van der Waals surface area contributed by atoms with E-state index in [-0.39, 0.29) is 23.3 Å². The van der Waals surface area contributed by atoms with Gasteiger partial charge in [-0.05, 0) is 132 Å². The Morgan fingerprint density at radius 1 is 0.614 bits per heavy atom. The van der Waals surface area contributed by atoms with Gasteiger partial charge in [0.05, 0.1) is 36.7 Å². The molecule has 0 bridgehead atoms. The average Bonchev–Trinajstić information content (AvgIpc) is 3.67. The van der Waals surface area contributed by atoms with E-state index in [1.807, 2.05) is 94.1 Å². The summed E-state index contributed by atoms with van der Waals surface area (Å²) >= 11 is 0. The third-order valence-electron chi connectivity index (χ3n) is 15.8. The second-order valence-corrected chi connectivity index (χ2v) is 22.3. The van der Waals surface area contributed by atoms with Crippen LogP contribution in [0.25, 0.3) is 21.8 Å². The van der Waals surface area contributed by atoms with Crippen LogP contribution >= 0.6 is 0 Å². The van der Waals surface area contributed by atoms with Crippen LogP contribution in [0.3, 0.4) is 0 Å². The van der Waals surface area contributed by atoms with Gasteiger partial charge in [-0.3, -0.25) is 9.59 Å². The smallest absolute Gasteiger partial charge is 0.410 e. The first-order valence-electron chi connectivity index (χ1n) is 29.0. The number of amides is 1. The van der Waals surface area contributed by atoms with Gasteiger partial charge in [-0.1, -0.05) is 36.3 Å². The first-order valence-corrected chi connectivity index (χ1v) is 29.0. The second kappa shape index (κ2) is 27.5. The zero-order valence-corrected chi connectivity index (χ0v) is 49.0. The summed E-state index contributed by atoms with van der Waals surface area (Å²) in [4.78, 5) is 46.0. The molecule has 4 aliphatic heterocycles. The molecular formula is C63H80N8O12. The van der Waals surface area contributed by atoms with Crippen LogP contribution in [-0.4, -0.2) is 149 Å². The highest BCUT2D eigenvalue weighted by molar-refractivity contribution is 6.11. The monoisotopic (exact) mass is 1140 g/mol. The van der Waals surface area contributed by atoms with Crippen molar-refractivity contribution < 1.29 is 48.4 Å². The Hall–Kier alpha value is -7.81. The van der Waals surface area contributed by atoms with Gasteiger partial charge < -0.3 is 72.7 Å². The molecule has 10 rings (SSSR count). The highest BCUT2D eigenvalue weighted by atomic mass is 16.6. The lowest BCUT2D eigenvalue weighted by molar-refractivity contribution is 0.00561. The van der Waals surface area contributed by atoms with E-state index in [0.717, 1.165) is 121 Å². The molecule has 6 heterocycles. The number of nitrogens with zero attached hydrogens (tertiary/aromatic N) is 7. The fourth-order valence-corrected chi connectivity index (χ4v) is 11.4. The number of hydrogen-bond acceptors (Lipinski definition) is 17. The third kappa shape index (κ3) is 14.7. The number of oxime groups is 2. The normalized spacial score (nSPS) is 16.3. The van der Waals surface area contributed by atoms with Crippen molar-refractivity contribution in [2.24, 2.45) is 10.3 Å². The molecule has 4 aliphatic rings. The van der Waals surface area contributed by atoms with Gasteiger partial charge in [0.25, 0.3) is 11.1 Å². The number of ether oxygens (including phenoxy) is 7. The molecule has 0 saturated carbocycles. The van der Waals surface area contributed by atoms with E-state index in [4.69, 9.17) is 33.2 Å². The van der Waals surface area contributed by atoms with Gasteiger partial charge in [-0.15, -0.1) is 0 Å². The molecule has 3 N–H and O–H groups in total. The summed E-state index contributed by atoms with van der Waals surface area (Å²) in [5.74, 6) is 4.28. The Morgan fingerprint density at radius 3 is 1.53 bits per heavy atom. The summed E-state index contributed by atoms with van der Waals surface area (Å²) in [6, 6.07) is 26.6. The Bertz CT molecular complexity index is 3410. The van der Waals surface area contributed by atoms with Crippen LogP contribution in [0.5, 0.6) is 34.5 Å². The largest absolute Gasteiger partial charge is 0.497 e. The number of benzene rings is 4. The first-order chi connectivity index (χ1) is 40.2. The van der Waals surface area contributed by atoms with E-state index in [2.05, 4.69) is 37.6 Å². The van der Waals surface area contributed by atoms with Gasteiger partial charge in [-0.25, -0.2) is 4.79 Å². The van der Waals surface area contributed by atoms with Crippen LogP contribution in [0.1, 0.15) is 95.4 Å². The minimum Gasteiger partial charge on any atom is -0.497 e. The van der Waals surface area contributed by atoms with Crippen LogP contribution in [0.2, 0.25) is 0 Å². The zero-order chi connectivity index (χ0) is 58.6. The number of likely N-dealkylation sites (tertiary alicyclic amines) is 2. The maximum Gasteiger partial charge on any atom is 0.410 e. The predicted octanol–water partition coefficient (Wildman–Crippen LogP) is 8.90. The highest BCUT2D eigenvalue weighted by Crippen LogP contribution is 2.34. The topological polar surface area (TPSA) is 213 Å². The van der Waals surface area contributed by atoms with Crippen LogP contribution in [0, 0.1) is 0 Å². The molecular weight excluding hydrogens is 1060 g/mol. The molecule has 2 saturated heterocycles. The van der Waals surface area contributed by atoms with Gasteiger partial charge >= 0.3 is 6.09 Å². The summed E-state index contributed by atoms with van der Waals surface area (Å²) in [6.07, 6.45) is 4.43. The summed E-state index contributed by atoms with van der Waals surface area (Å²) in [5, 5.41) is 31.5. The number of aromatic nitrogens is 2. The minimum absolute atomic E-state index is 0.00151. The number of carbonyl (C=O) groups excluding carboxylic acids is 1. The van der Waals surface area contributed by atoms with Crippen LogP contribution in [-0.2, 0) is 30.9 Å². The van der Waals surface area contributed by atoms with Crippen molar-refractivity contribution in [3.63, 3.8) is 0 Å². The number of fused-ring (bicyclic) bond motifs is 4. The number of rotatable bonds is 18. The molecule has 0 aliphatic carbocycles. The molecule has 1 amide bonds. The van der Waals surface area contributed by atoms with Crippen molar-refractivity contribution in [1.29, 1.82) is 0 Å². The molecule has 2 aromatic heterocycles. The number of piperidine rings is 2. The predicted molar refractivity (Wildman–Crippen MR) is 319 cm³/mol. The van der Waals surface area contributed by atoms with E-state index in [1.165, 1.54) is 5.56 Å². The molecule has 0 spiro atoms. The minimum atomic E-state index is -0.613. The van der Waals surface area contributed by atoms with Crippen molar-refractivity contribution in [3.8, 4) is 34.5 Å². The van der Waals surface area contributed by atoms with Crippen molar-refractivity contribution in [3.05, 3.63) is 128 Å². The third-order valence-corrected chi connectivity index (χ3v) is 15.8. The quantitative estimate of drug-likeness (QED) is 0.0417. The lowest BCUT2D eigenvalue weighted by Gasteiger charge is -2.39. The number of nitrogens with one attached hydrogen (secondary N) is 1. The highest BCUT2D eigenvalue weighted by Gasteiger charge is 2.32. The number of carbonyl (C=O) groups is 1. The van der Waals surface area contributed by atoms with Crippen molar-refractivity contribution in [2.75, 3.05) is 79.9 Å². The second-order valence-electron chi connectivity index (χ2n) is 22.3. The Labute approximate surface area is 484 Å². The summed E-state index contributed by atoms with van der Waals surface area (Å²) in [5.41, 5.74) is 5.51. The van der Waals surface area contributed by atoms with Gasteiger partial charge in [-0.2, -0.15) is 0 Å². The maximum atomic E-state index is 13.4. The number of methoxy groups -OCH3 is 2. The Balaban J connectivity index is 0.000000202. The molecule has 444 valence electrons. The molecule has 0 atom stereocenters. The van der Waals surface area contributed by atoms with E-state index in [9.17, 15) is 24.8 Å². The lowest BCUT2D eigenvalue weighted by atomic mass is 10.0. The molecule has 20 nitrogen and oxygen atoms in total. The number of pyridine rings is 2. The zero-order valence-electron chi connectivity index (χ0n) is 49.0. The van der Waals surface area contributed by atoms with Crippen molar-refractivity contribution in [2.45, 2.75) is 117 Å². The van der Waals surface area contributed by atoms with E-state index in [1.54, 1.807) is 41.6 Å². The standard InChI is InChI=1S/C34H44N4O7.C29H36N4O5/c1-6-28(35-41)27-20-25(42-5)21-29-26(27)8-10-32(39)37(29)16-15-36-13-11-24(12-14-36)38(33(40)45-34(2,3)4)22-23-7-9-30-31(19-23)44-18-17-43-30;1-3-25(31-35)24-17-22(36-2)18-26-23(24)5-7-29(34)33(26)13-12-32-10-8-21(9-11-32)30-19-20-4-6-27-28(16-20)38-15-14-37-27/h7-10,19-21,24,41H,6,11-18,22H2,1-5H3;4-7,16-18,21,30,35H,3,8-15,19H2,1-2H3/b35-28-;31-25-. The Morgan fingerprint density at radius 2 is 1.07 bits per heavy atom. The molecule has 20 heteroatoms. The lowest BCUT2D eigenvalue weighted by Crippen LogP contribution is -2.49. The first kappa shape index (κ1) is 59.8. The fraction of sp³-hybridized carbons (Fsp3) is 0.476. The fourth-order valence-electron chi connectivity index (χ4n) is 11.4. The van der Waals surface area contributed by atoms with Gasteiger partial charge in [0.15, 0.2) is 23.0 Å². The van der Waals surface area contributed by atoms with Gasteiger partial charge in [0, 0.05) is 111 Å². The van der Waals surface area contributed by atoms with E-state index < -0.39 is 5.60 Å². The van der Waals surface area contributed by atoms with Crippen molar-refractivity contribution in [1.82, 2.24) is 29.2 Å². The van der Waals surface area contributed by atoms with Crippen LogP contribution < -0.4 is 44.9 Å². The summed E-state index contributed by atoms with van der Waals surface area (Å²) < 4.78 is 43.2. The van der Waals surface area contributed by atoms with Crippen molar-refractivity contribution >= 4 is 39.3 Å². The van der Waals surface area contributed by atoms with Gasteiger partial charge in [0.2, 0.25) is 0 Å².